The molecule has 0 fully saturated rings. The first-order valence-corrected chi connectivity index (χ1v) is 3.26. The first-order chi connectivity index (χ1) is 5.64. The number of aliphatic hydroxyl groups is 1. The van der Waals surface area contributed by atoms with Gasteiger partial charge in [-0.25, -0.2) is 5.06 Å². The molecule has 0 aromatic rings. The molecule has 0 radical (unpaired) electrons. The van der Waals surface area contributed by atoms with E-state index in [2.05, 4.69) is 4.84 Å². The second-order valence-corrected chi connectivity index (χ2v) is 2.56. The van der Waals surface area contributed by atoms with Gasteiger partial charge in [0.25, 0.3) is 5.91 Å². The highest BCUT2D eigenvalue weighted by Gasteiger charge is 2.57. The Morgan fingerprint density at radius 3 is 2.08 bits per heavy atom. The Hall–Kier alpha value is -0.820. The van der Waals surface area contributed by atoms with E-state index in [1.165, 1.54) is 0 Å². The second-order valence-electron chi connectivity index (χ2n) is 2.56. The van der Waals surface area contributed by atoms with E-state index in [0.29, 0.717) is 12.0 Å². The number of halogens is 3. The van der Waals surface area contributed by atoms with Crippen LogP contribution in [0.4, 0.5) is 13.2 Å². The lowest BCUT2D eigenvalue weighted by Crippen LogP contribution is -2.54. The Balaban J connectivity index is 4.75. The Morgan fingerprint density at radius 2 is 1.85 bits per heavy atom. The molecule has 0 aliphatic rings. The lowest BCUT2D eigenvalue weighted by Gasteiger charge is -2.28. The Bertz CT molecular complexity index is 202. The van der Waals surface area contributed by atoms with Crippen LogP contribution in [-0.4, -0.2) is 42.0 Å². The molecule has 0 heterocycles. The van der Waals surface area contributed by atoms with Crippen LogP contribution in [0.2, 0.25) is 0 Å². The highest BCUT2D eigenvalue weighted by molar-refractivity contribution is 5.84. The number of carbonyl (C=O) groups excluding carboxylic acids is 1. The number of hydrogen-bond donors (Lipinski definition) is 1. The summed E-state index contributed by atoms with van der Waals surface area (Å²) in [7, 11) is 1.99. The first-order valence-electron chi connectivity index (χ1n) is 3.26. The van der Waals surface area contributed by atoms with Crippen LogP contribution in [0, 0.1) is 0 Å². The first kappa shape index (κ1) is 12.2. The molecule has 4 nitrogen and oxygen atoms in total. The highest BCUT2D eigenvalue weighted by Crippen LogP contribution is 2.31. The van der Waals surface area contributed by atoms with Gasteiger partial charge in [-0.1, -0.05) is 0 Å². The summed E-state index contributed by atoms with van der Waals surface area (Å²) in [4.78, 5) is 15.1. The van der Waals surface area contributed by atoms with Crippen molar-refractivity contribution in [2.45, 2.75) is 18.7 Å². The fourth-order valence-corrected chi connectivity index (χ4v) is 0.511. The maximum Gasteiger partial charge on any atom is 0.426 e. The summed E-state index contributed by atoms with van der Waals surface area (Å²) in [5.41, 5.74) is -3.42. The molecule has 0 bridgehead atoms. The van der Waals surface area contributed by atoms with Crippen LogP contribution in [0.25, 0.3) is 0 Å². The number of likely N-dealkylation sites (N-methyl/N-ethyl adjacent to an activating group) is 1. The largest absolute Gasteiger partial charge is 0.426 e. The van der Waals surface area contributed by atoms with Crippen molar-refractivity contribution >= 4 is 5.91 Å². The van der Waals surface area contributed by atoms with E-state index in [0.717, 1.165) is 14.2 Å². The minimum Gasteiger partial charge on any atom is -0.373 e. The molecule has 0 aromatic carbocycles. The van der Waals surface area contributed by atoms with Crippen LogP contribution in [-0.2, 0) is 9.63 Å². The summed E-state index contributed by atoms with van der Waals surface area (Å²) in [6, 6.07) is 0. The molecular formula is C6H10F3NO3. The lowest BCUT2D eigenvalue weighted by atomic mass is 10.1. The third-order valence-corrected chi connectivity index (χ3v) is 1.53. The Kier molecular flexibility index (Phi) is 3.28. The summed E-state index contributed by atoms with van der Waals surface area (Å²) >= 11 is 0. The summed E-state index contributed by atoms with van der Waals surface area (Å²) in [5.74, 6) is -1.57. The summed E-state index contributed by atoms with van der Waals surface area (Å²) in [6.07, 6.45) is -5.02. The van der Waals surface area contributed by atoms with Gasteiger partial charge in [0.15, 0.2) is 0 Å². The molecule has 13 heavy (non-hydrogen) atoms. The fourth-order valence-electron chi connectivity index (χ4n) is 0.511. The number of alkyl halides is 3. The average molecular weight is 201 g/mol. The maximum atomic E-state index is 12.0. The molecule has 1 atom stereocenters. The van der Waals surface area contributed by atoms with Crippen molar-refractivity contribution in [2.24, 2.45) is 0 Å². The van der Waals surface area contributed by atoms with Crippen molar-refractivity contribution < 1.29 is 27.9 Å². The highest BCUT2D eigenvalue weighted by atomic mass is 19.4. The second kappa shape index (κ2) is 3.51. The fraction of sp³-hybridized carbons (Fsp3) is 0.833. The van der Waals surface area contributed by atoms with Gasteiger partial charge in [-0.2, -0.15) is 13.2 Å². The van der Waals surface area contributed by atoms with Gasteiger partial charge >= 0.3 is 6.18 Å². The summed E-state index contributed by atoms with van der Waals surface area (Å²) < 4.78 is 36.1. The Labute approximate surface area is 72.8 Å². The molecule has 1 amide bonds. The predicted molar refractivity (Wildman–Crippen MR) is 36.5 cm³/mol. The number of hydroxylamine groups is 2. The van der Waals surface area contributed by atoms with Gasteiger partial charge in [0, 0.05) is 7.05 Å². The number of carbonyl (C=O) groups is 1. The predicted octanol–water partition coefficient (Wildman–Crippen LogP) is 0.320. The summed E-state index contributed by atoms with van der Waals surface area (Å²) in [6.45, 7) is 0.366. The van der Waals surface area contributed by atoms with Gasteiger partial charge in [0.2, 0.25) is 5.60 Å². The van der Waals surface area contributed by atoms with E-state index < -0.39 is 17.7 Å². The minimum atomic E-state index is -5.02. The topological polar surface area (TPSA) is 49.8 Å². The molecule has 0 aliphatic carbocycles. The van der Waals surface area contributed by atoms with Crippen LogP contribution < -0.4 is 0 Å². The molecule has 1 N–H and O–H groups in total. The van der Waals surface area contributed by atoms with E-state index in [-0.39, 0.29) is 0 Å². The molecule has 78 valence electrons. The van der Waals surface area contributed by atoms with Crippen molar-refractivity contribution in [3.63, 3.8) is 0 Å². The molecule has 0 aliphatic heterocycles. The van der Waals surface area contributed by atoms with Gasteiger partial charge in [0.1, 0.15) is 0 Å². The van der Waals surface area contributed by atoms with Crippen molar-refractivity contribution in [1.82, 2.24) is 5.06 Å². The number of rotatable bonds is 2. The van der Waals surface area contributed by atoms with Gasteiger partial charge in [-0.3, -0.25) is 9.63 Å². The molecule has 0 spiro atoms. The van der Waals surface area contributed by atoms with Gasteiger partial charge in [0.05, 0.1) is 7.11 Å². The van der Waals surface area contributed by atoms with Crippen molar-refractivity contribution in [2.75, 3.05) is 14.2 Å². The van der Waals surface area contributed by atoms with Crippen LogP contribution >= 0.6 is 0 Å². The molecular weight excluding hydrogens is 191 g/mol. The molecule has 0 aromatic heterocycles. The lowest BCUT2D eigenvalue weighted by molar-refractivity contribution is -0.262. The molecule has 0 saturated heterocycles. The average Bonchev–Trinajstić information content (AvgIpc) is 1.99. The summed E-state index contributed by atoms with van der Waals surface area (Å²) in [5, 5.41) is 9.14. The third kappa shape index (κ3) is 2.31. The van der Waals surface area contributed by atoms with E-state index in [1.807, 2.05) is 0 Å². The normalized spacial score (nSPS) is 16.5. The van der Waals surface area contributed by atoms with E-state index in [9.17, 15) is 18.0 Å². The smallest absolute Gasteiger partial charge is 0.373 e. The standard InChI is InChI=1S/C6H10F3NO3/c1-5(12,6(7,8)9)4(11)10(2)13-3/h12H,1-3H3. The van der Waals surface area contributed by atoms with Crippen molar-refractivity contribution in [3.8, 4) is 0 Å². The van der Waals surface area contributed by atoms with Crippen LogP contribution in [0.5, 0.6) is 0 Å². The number of nitrogens with zero attached hydrogens (tertiary/aromatic N) is 1. The zero-order valence-corrected chi connectivity index (χ0v) is 7.34. The monoisotopic (exact) mass is 201 g/mol. The van der Waals surface area contributed by atoms with Gasteiger partial charge < -0.3 is 5.11 Å². The van der Waals surface area contributed by atoms with E-state index in [1.54, 1.807) is 0 Å². The maximum absolute atomic E-state index is 12.0. The van der Waals surface area contributed by atoms with Crippen LogP contribution in [0.1, 0.15) is 6.92 Å². The van der Waals surface area contributed by atoms with Crippen molar-refractivity contribution in [3.05, 3.63) is 0 Å². The van der Waals surface area contributed by atoms with Crippen LogP contribution in [0.3, 0.4) is 0 Å². The van der Waals surface area contributed by atoms with E-state index >= 15 is 0 Å². The number of amides is 1. The molecule has 7 heteroatoms. The van der Waals surface area contributed by atoms with E-state index in [4.69, 9.17) is 5.11 Å². The molecule has 0 saturated carbocycles. The molecule has 0 rings (SSSR count). The Morgan fingerprint density at radius 1 is 1.46 bits per heavy atom. The zero-order chi connectivity index (χ0) is 10.9. The number of hydrogen-bond acceptors (Lipinski definition) is 3. The zero-order valence-electron chi connectivity index (χ0n) is 7.34. The SMILES string of the molecule is CON(C)C(=O)C(C)(O)C(F)(F)F. The molecule has 1 unspecified atom stereocenters. The quantitative estimate of drug-likeness (QED) is 0.654. The minimum absolute atomic E-state index is 0.313. The third-order valence-electron chi connectivity index (χ3n) is 1.53. The van der Waals surface area contributed by atoms with Gasteiger partial charge in [-0.15, -0.1) is 0 Å². The van der Waals surface area contributed by atoms with Crippen LogP contribution in [0.15, 0.2) is 0 Å². The van der Waals surface area contributed by atoms with Gasteiger partial charge in [-0.05, 0) is 6.92 Å². The van der Waals surface area contributed by atoms with Crippen molar-refractivity contribution in [1.29, 1.82) is 0 Å².